The summed E-state index contributed by atoms with van der Waals surface area (Å²) in [6.07, 6.45) is 1.05. The summed E-state index contributed by atoms with van der Waals surface area (Å²) in [4.78, 5) is 15.4. The third-order valence-corrected chi connectivity index (χ3v) is 7.19. The van der Waals surface area contributed by atoms with E-state index in [1.165, 1.54) is 12.1 Å². The van der Waals surface area contributed by atoms with Crippen LogP contribution in [0.15, 0.2) is 77.7 Å². The van der Waals surface area contributed by atoms with E-state index in [4.69, 9.17) is 5.11 Å². The second-order valence-corrected chi connectivity index (χ2v) is 9.89. The predicted octanol–water partition coefficient (Wildman–Crippen LogP) is 4.71. The Bertz CT molecular complexity index is 1280. The van der Waals surface area contributed by atoms with Gasteiger partial charge in [-0.2, -0.15) is 0 Å². The lowest BCUT2D eigenvalue weighted by molar-refractivity contribution is -0.136. The molecule has 0 atom stereocenters. The number of anilines is 1. The van der Waals surface area contributed by atoms with Crippen LogP contribution in [-0.2, 0) is 27.7 Å². The van der Waals surface area contributed by atoms with E-state index >= 15 is 0 Å². The highest BCUT2D eigenvalue weighted by atomic mass is 32.2. The largest absolute Gasteiger partial charge is 0.481 e. The molecule has 0 amide bonds. The second-order valence-electron chi connectivity index (χ2n) is 7.09. The number of carbonyl (C=O) groups is 1. The van der Waals surface area contributed by atoms with Gasteiger partial charge in [-0.25, -0.2) is 13.4 Å². The van der Waals surface area contributed by atoms with Crippen LogP contribution in [0.2, 0.25) is 0 Å². The van der Waals surface area contributed by atoms with Crippen LogP contribution in [0, 0.1) is 0 Å². The van der Waals surface area contributed by atoms with Gasteiger partial charge in [0.2, 0.25) is 0 Å². The number of hydrogen-bond donors (Lipinski definition) is 2. The maximum absolute atomic E-state index is 12.6. The number of aromatic nitrogens is 1. The van der Waals surface area contributed by atoms with Crippen LogP contribution >= 0.6 is 11.3 Å². The number of hydrogen-bond acceptors (Lipinski definition) is 5. The fourth-order valence-electron chi connectivity index (χ4n) is 3.16. The number of carboxylic acid groups (broad SMARTS) is 1. The van der Waals surface area contributed by atoms with Crippen molar-refractivity contribution in [3.63, 3.8) is 0 Å². The normalized spacial score (nSPS) is 11.5. The van der Waals surface area contributed by atoms with Gasteiger partial charge < -0.3 is 5.11 Å². The molecule has 4 rings (SSSR count). The summed E-state index contributed by atoms with van der Waals surface area (Å²) in [5.41, 5.74) is 3.29. The minimum absolute atomic E-state index is 0.00765. The number of rotatable bonds is 8. The van der Waals surface area contributed by atoms with Gasteiger partial charge in [0.1, 0.15) is 0 Å². The zero-order valence-corrected chi connectivity index (χ0v) is 18.1. The van der Waals surface area contributed by atoms with Crippen molar-refractivity contribution in [2.75, 3.05) is 4.72 Å². The van der Waals surface area contributed by atoms with Crippen LogP contribution in [0.1, 0.15) is 22.6 Å². The number of carboxylic acids is 1. The highest BCUT2D eigenvalue weighted by molar-refractivity contribution is 7.92. The van der Waals surface area contributed by atoms with Crippen LogP contribution in [0.3, 0.4) is 0 Å². The molecular formula is C23H20N2O4S2. The summed E-state index contributed by atoms with van der Waals surface area (Å²) in [6, 6.07) is 21.5. The van der Waals surface area contributed by atoms with E-state index in [9.17, 15) is 13.2 Å². The molecule has 31 heavy (non-hydrogen) atoms. The molecule has 1 aromatic heterocycles. The molecule has 3 aromatic carbocycles. The Balaban J connectivity index is 1.42. The van der Waals surface area contributed by atoms with E-state index in [1.807, 2.05) is 36.4 Å². The first-order valence-corrected chi connectivity index (χ1v) is 12.0. The van der Waals surface area contributed by atoms with Gasteiger partial charge in [-0.05, 0) is 53.9 Å². The molecule has 2 N–H and O–H groups in total. The highest BCUT2D eigenvalue weighted by Crippen LogP contribution is 2.24. The first-order chi connectivity index (χ1) is 14.9. The number of para-hydroxylation sites is 1. The standard InChI is InChI=1S/C23H20N2O4S2/c26-23(27)14-9-16-7-12-19(13-8-16)31(28,29)25-18-10-5-17(6-11-18)15-22-24-20-3-1-2-4-21(20)30-22/h1-8,10-13,25H,9,14-15H2,(H,26,27). The Kier molecular flexibility index (Phi) is 6.01. The molecule has 0 saturated heterocycles. The number of aryl methyl sites for hydroxylation is 1. The maximum Gasteiger partial charge on any atom is 0.303 e. The number of benzene rings is 3. The van der Waals surface area contributed by atoms with Gasteiger partial charge in [0, 0.05) is 18.5 Å². The minimum Gasteiger partial charge on any atom is -0.481 e. The number of thiazole rings is 1. The summed E-state index contributed by atoms with van der Waals surface area (Å²) in [5, 5.41) is 9.76. The molecule has 0 spiro atoms. The monoisotopic (exact) mass is 452 g/mol. The summed E-state index contributed by atoms with van der Waals surface area (Å²) in [5.74, 6) is -0.884. The molecule has 0 unspecified atom stereocenters. The zero-order valence-electron chi connectivity index (χ0n) is 16.5. The average molecular weight is 453 g/mol. The van der Waals surface area contributed by atoms with Crippen molar-refractivity contribution in [2.45, 2.75) is 24.2 Å². The molecule has 8 heteroatoms. The van der Waals surface area contributed by atoms with Crippen LogP contribution in [0.5, 0.6) is 0 Å². The Morgan fingerprint density at radius 2 is 1.61 bits per heavy atom. The second kappa shape index (κ2) is 8.87. The lowest BCUT2D eigenvalue weighted by Gasteiger charge is -2.09. The number of fused-ring (bicyclic) bond motifs is 1. The minimum atomic E-state index is -3.73. The SMILES string of the molecule is O=C(O)CCc1ccc(S(=O)(=O)Nc2ccc(Cc3nc4ccccc4s3)cc2)cc1. The van der Waals surface area contributed by atoms with Crippen molar-refractivity contribution in [3.05, 3.63) is 88.9 Å². The first-order valence-electron chi connectivity index (χ1n) is 9.66. The topological polar surface area (TPSA) is 96.4 Å². The molecule has 6 nitrogen and oxygen atoms in total. The zero-order chi connectivity index (χ0) is 21.8. The molecule has 0 aliphatic heterocycles. The van der Waals surface area contributed by atoms with E-state index < -0.39 is 16.0 Å². The van der Waals surface area contributed by atoms with E-state index in [0.717, 1.165) is 26.4 Å². The Morgan fingerprint density at radius 1 is 0.935 bits per heavy atom. The van der Waals surface area contributed by atoms with Crippen molar-refractivity contribution < 1.29 is 18.3 Å². The smallest absolute Gasteiger partial charge is 0.303 e. The average Bonchev–Trinajstić information content (AvgIpc) is 3.16. The van der Waals surface area contributed by atoms with Crippen LogP contribution in [0.4, 0.5) is 5.69 Å². The van der Waals surface area contributed by atoms with Gasteiger partial charge in [-0.1, -0.05) is 36.4 Å². The van der Waals surface area contributed by atoms with Crippen molar-refractivity contribution in [1.82, 2.24) is 4.98 Å². The van der Waals surface area contributed by atoms with Gasteiger partial charge in [0.15, 0.2) is 0 Å². The molecule has 0 radical (unpaired) electrons. The highest BCUT2D eigenvalue weighted by Gasteiger charge is 2.14. The number of nitrogens with one attached hydrogen (secondary N) is 1. The molecule has 158 valence electrons. The van der Waals surface area contributed by atoms with Gasteiger partial charge in [0.25, 0.3) is 10.0 Å². The summed E-state index contributed by atoms with van der Waals surface area (Å²) < 4.78 is 29.0. The molecule has 0 bridgehead atoms. The molecule has 0 fully saturated rings. The molecule has 4 aromatic rings. The predicted molar refractivity (Wildman–Crippen MR) is 122 cm³/mol. The van der Waals surface area contributed by atoms with Crippen LogP contribution in [0.25, 0.3) is 10.2 Å². The third kappa shape index (κ3) is 5.28. The van der Waals surface area contributed by atoms with Crippen molar-refractivity contribution in [1.29, 1.82) is 0 Å². The fraction of sp³-hybridized carbons (Fsp3) is 0.130. The Labute approximate surface area is 184 Å². The molecule has 0 aliphatic carbocycles. The van der Waals surface area contributed by atoms with Gasteiger partial charge in [-0.3, -0.25) is 9.52 Å². The summed E-state index contributed by atoms with van der Waals surface area (Å²) in [6.45, 7) is 0. The molecule has 1 heterocycles. The summed E-state index contributed by atoms with van der Waals surface area (Å²) in [7, 11) is -3.73. The third-order valence-electron chi connectivity index (χ3n) is 4.76. The number of aliphatic carboxylic acids is 1. The van der Waals surface area contributed by atoms with E-state index in [-0.39, 0.29) is 11.3 Å². The van der Waals surface area contributed by atoms with Crippen LogP contribution in [-0.4, -0.2) is 24.5 Å². The molecule has 0 aliphatic rings. The lowest BCUT2D eigenvalue weighted by Crippen LogP contribution is -2.13. The maximum atomic E-state index is 12.6. The Hall–Kier alpha value is -3.23. The Morgan fingerprint density at radius 3 is 2.29 bits per heavy atom. The van der Waals surface area contributed by atoms with Gasteiger partial charge in [-0.15, -0.1) is 11.3 Å². The van der Waals surface area contributed by atoms with E-state index in [1.54, 1.807) is 35.6 Å². The van der Waals surface area contributed by atoms with E-state index in [0.29, 0.717) is 18.5 Å². The summed E-state index contributed by atoms with van der Waals surface area (Å²) >= 11 is 1.65. The van der Waals surface area contributed by atoms with Crippen LogP contribution < -0.4 is 4.72 Å². The van der Waals surface area contributed by atoms with Crippen molar-refractivity contribution in [2.24, 2.45) is 0 Å². The van der Waals surface area contributed by atoms with E-state index in [2.05, 4.69) is 9.71 Å². The first kappa shape index (κ1) is 21.0. The van der Waals surface area contributed by atoms with Gasteiger partial charge >= 0.3 is 5.97 Å². The fourth-order valence-corrected chi connectivity index (χ4v) is 5.22. The van der Waals surface area contributed by atoms with Crippen molar-refractivity contribution in [3.8, 4) is 0 Å². The quantitative estimate of drug-likeness (QED) is 0.404. The number of nitrogens with zero attached hydrogens (tertiary/aromatic N) is 1. The van der Waals surface area contributed by atoms with Gasteiger partial charge in [0.05, 0.1) is 20.1 Å². The van der Waals surface area contributed by atoms with Crippen molar-refractivity contribution >= 4 is 43.2 Å². The molecule has 0 saturated carbocycles. The molecular weight excluding hydrogens is 432 g/mol. The lowest BCUT2D eigenvalue weighted by atomic mass is 10.1. The number of sulfonamides is 1.